The van der Waals surface area contributed by atoms with Crippen molar-refractivity contribution in [3.05, 3.63) is 12.2 Å². The van der Waals surface area contributed by atoms with Crippen molar-refractivity contribution in [3.8, 4) is 0 Å². The van der Waals surface area contributed by atoms with Gasteiger partial charge in [-0.15, -0.1) is 0 Å². The normalized spacial score (nSPS) is 50.9. The Hall–Kier alpha value is -0.260. The molecule has 44 valence electrons. The van der Waals surface area contributed by atoms with Crippen molar-refractivity contribution in [3.63, 3.8) is 0 Å². The number of rotatable bonds is 0. The zero-order valence-corrected chi connectivity index (χ0v) is 5.35. The van der Waals surface area contributed by atoms with E-state index in [1.807, 2.05) is 0 Å². The summed E-state index contributed by atoms with van der Waals surface area (Å²) in [5.41, 5.74) is 0.630. The zero-order chi connectivity index (χ0) is 5.61. The van der Waals surface area contributed by atoms with Gasteiger partial charge < -0.3 is 0 Å². The van der Waals surface area contributed by atoms with Crippen LogP contribution >= 0.6 is 0 Å². The molecule has 0 nitrogen and oxygen atoms in total. The Morgan fingerprint density at radius 1 is 1.62 bits per heavy atom. The SMILES string of the molecule is CC12C=CC(CC1)C2. The predicted molar refractivity (Wildman–Crippen MR) is 34.6 cm³/mol. The number of fused-ring (bicyclic) bond motifs is 2. The Morgan fingerprint density at radius 3 is 2.62 bits per heavy atom. The first-order valence-corrected chi connectivity index (χ1v) is 3.48. The molecule has 0 N–H and O–H groups in total. The Labute approximate surface area is 50.6 Å². The van der Waals surface area contributed by atoms with Crippen LogP contribution in [-0.4, -0.2) is 0 Å². The van der Waals surface area contributed by atoms with Crippen LogP contribution < -0.4 is 0 Å². The van der Waals surface area contributed by atoms with E-state index in [1.54, 1.807) is 0 Å². The van der Waals surface area contributed by atoms with Crippen molar-refractivity contribution >= 4 is 0 Å². The minimum atomic E-state index is 0.630. The van der Waals surface area contributed by atoms with Crippen LogP contribution in [-0.2, 0) is 0 Å². The lowest BCUT2D eigenvalue weighted by Gasteiger charge is -2.14. The lowest BCUT2D eigenvalue weighted by atomic mass is 9.91. The molecular formula is C8H12. The van der Waals surface area contributed by atoms with Gasteiger partial charge in [0.05, 0.1) is 0 Å². The van der Waals surface area contributed by atoms with Crippen molar-refractivity contribution in [2.24, 2.45) is 11.3 Å². The summed E-state index contributed by atoms with van der Waals surface area (Å²) < 4.78 is 0. The maximum absolute atomic E-state index is 2.40. The van der Waals surface area contributed by atoms with Gasteiger partial charge in [-0.3, -0.25) is 0 Å². The minimum Gasteiger partial charge on any atom is -0.0848 e. The molecule has 0 aromatic heterocycles. The average Bonchev–Trinajstić information content (AvgIpc) is 2.21. The van der Waals surface area contributed by atoms with Crippen molar-refractivity contribution in [1.29, 1.82) is 0 Å². The Morgan fingerprint density at radius 2 is 2.50 bits per heavy atom. The first kappa shape index (κ1) is 4.60. The minimum absolute atomic E-state index is 0.630. The molecule has 0 aromatic carbocycles. The Balaban J connectivity index is 2.33. The Kier molecular flexibility index (Phi) is 0.677. The molecule has 0 heteroatoms. The van der Waals surface area contributed by atoms with E-state index in [1.165, 1.54) is 19.3 Å². The van der Waals surface area contributed by atoms with Crippen LogP contribution in [0.25, 0.3) is 0 Å². The second-order valence-electron chi connectivity index (χ2n) is 3.52. The van der Waals surface area contributed by atoms with Crippen molar-refractivity contribution < 1.29 is 0 Å². The van der Waals surface area contributed by atoms with E-state index < -0.39 is 0 Å². The highest BCUT2D eigenvalue weighted by Crippen LogP contribution is 2.48. The second kappa shape index (κ2) is 1.18. The maximum Gasteiger partial charge on any atom is -0.0141 e. The standard InChI is InChI=1S/C8H12/c1-8-4-2-7(6-8)3-5-8/h2,4,7H,3,5-6H2,1H3. The van der Waals surface area contributed by atoms with E-state index in [0.29, 0.717) is 5.41 Å². The first-order valence-electron chi connectivity index (χ1n) is 3.48. The lowest BCUT2D eigenvalue weighted by molar-refractivity contribution is 0.455. The highest BCUT2D eigenvalue weighted by Gasteiger charge is 2.36. The third kappa shape index (κ3) is 0.460. The van der Waals surface area contributed by atoms with E-state index >= 15 is 0 Å². The van der Waals surface area contributed by atoms with Crippen molar-refractivity contribution in [1.82, 2.24) is 0 Å². The maximum atomic E-state index is 2.40. The van der Waals surface area contributed by atoms with Gasteiger partial charge in [-0.1, -0.05) is 19.1 Å². The van der Waals surface area contributed by atoms with Gasteiger partial charge in [0.25, 0.3) is 0 Å². The fraction of sp³-hybridized carbons (Fsp3) is 0.750. The summed E-state index contributed by atoms with van der Waals surface area (Å²) in [4.78, 5) is 0. The summed E-state index contributed by atoms with van der Waals surface area (Å²) in [5.74, 6) is 0.958. The Bertz CT molecular complexity index is 135. The molecule has 2 aliphatic carbocycles. The molecule has 0 heterocycles. The summed E-state index contributed by atoms with van der Waals surface area (Å²) in [7, 11) is 0. The van der Waals surface area contributed by atoms with Crippen molar-refractivity contribution in [2.45, 2.75) is 26.2 Å². The topological polar surface area (TPSA) is 0 Å². The zero-order valence-electron chi connectivity index (χ0n) is 5.35. The molecular weight excluding hydrogens is 96.1 g/mol. The fourth-order valence-corrected chi connectivity index (χ4v) is 2.00. The molecule has 0 amide bonds. The molecule has 0 aliphatic heterocycles. The third-order valence-corrected chi connectivity index (χ3v) is 2.59. The third-order valence-electron chi connectivity index (χ3n) is 2.59. The monoisotopic (exact) mass is 108 g/mol. The van der Waals surface area contributed by atoms with Crippen LogP contribution in [0.5, 0.6) is 0 Å². The summed E-state index contributed by atoms with van der Waals surface area (Å²) in [5, 5.41) is 0. The van der Waals surface area contributed by atoms with Gasteiger partial charge in [0, 0.05) is 0 Å². The largest absolute Gasteiger partial charge is 0.0848 e. The van der Waals surface area contributed by atoms with Gasteiger partial charge in [0.15, 0.2) is 0 Å². The molecule has 0 saturated heterocycles. The van der Waals surface area contributed by atoms with E-state index in [9.17, 15) is 0 Å². The number of hydrogen-bond donors (Lipinski definition) is 0. The van der Waals surface area contributed by atoms with Gasteiger partial charge in [0.1, 0.15) is 0 Å². The molecule has 0 spiro atoms. The van der Waals surface area contributed by atoms with Gasteiger partial charge in [0.2, 0.25) is 0 Å². The van der Waals surface area contributed by atoms with E-state index in [2.05, 4.69) is 19.1 Å². The second-order valence-corrected chi connectivity index (χ2v) is 3.52. The van der Waals surface area contributed by atoms with E-state index in [4.69, 9.17) is 0 Å². The van der Waals surface area contributed by atoms with Gasteiger partial charge in [-0.05, 0) is 30.6 Å². The van der Waals surface area contributed by atoms with Crippen LogP contribution in [0.2, 0.25) is 0 Å². The fourth-order valence-electron chi connectivity index (χ4n) is 2.00. The summed E-state index contributed by atoms with van der Waals surface area (Å²) in [6.07, 6.45) is 9.12. The van der Waals surface area contributed by atoms with Crippen LogP contribution in [0, 0.1) is 11.3 Å². The molecule has 2 rings (SSSR count). The van der Waals surface area contributed by atoms with Gasteiger partial charge >= 0.3 is 0 Å². The summed E-state index contributed by atoms with van der Waals surface area (Å²) in [6.45, 7) is 2.37. The highest BCUT2D eigenvalue weighted by molar-refractivity contribution is 5.13. The van der Waals surface area contributed by atoms with Crippen molar-refractivity contribution in [2.75, 3.05) is 0 Å². The smallest absolute Gasteiger partial charge is 0.0141 e. The lowest BCUT2D eigenvalue weighted by Crippen LogP contribution is -2.02. The molecule has 2 unspecified atom stereocenters. The molecule has 0 radical (unpaired) electrons. The number of hydrogen-bond acceptors (Lipinski definition) is 0. The van der Waals surface area contributed by atoms with Crippen LogP contribution in [0.1, 0.15) is 26.2 Å². The molecule has 2 atom stereocenters. The molecule has 2 bridgehead atoms. The molecule has 1 saturated carbocycles. The van der Waals surface area contributed by atoms with Gasteiger partial charge in [-0.25, -0.2) is 0 Å². The number of allylic oxidation sites excluding steroid dienone is 2. The summed E-state index contributed by atoms with van der Waals surface area (Å²) in [6, 6.07) is 0. The molecule has 2 aliphatic rings. The average molecular weight is 108 g/mol. The quantitative estimate of drug-likeness (QED) is 0.418. The van der Waals surface area contributed by atoms with Crippen LogP contribution in [0.15, 0.2) is 12.2 Å². The van der Waals surface area contributed by atoms with E-state index in [-0.39, 0.29) is 0 Å². The highest BCUT2D eigenvalue weighted by atomic mass is 14.4. The van der Waals surface area contributed by atoms with Gasteiger partial charge in [-0.2, -0.15) is 0 Å². The van der Waals surface area contributed by atoms with E-state index in [0.717, 1.165) is 5.92 Å². The predicted octanol–water partition coefficient (Wildman–Crippen LogP) is 2.36. The molecule has 8 heavy (non-hydrogen) atoms. The summed E-state index contributed by atoms with van der Waals surface area (Å²) >= 11 is 0. The van der Waals surface area contributed by atoms with Crippen LogP contribution in [0.3, 0.4) is 0 Å². The molecule has 1 fully saturated rings. The molecule has 0 aromatic rings. The first-order chi connectivity index (χ1) is 3.79. The van der Waals surface area contributed by atoms with Crippen LogP contribution in [0.4, 0.5) is 0 Å².